The lowest BCUT2D eigenvalue weighted by Crippen LogP contribution is -2.36. The molecule has 1 aliphatic rings. The van der Waals surface area contributed by atoms with Crippen molar-refractivity contribution >= 4 is 11.7 Å². The summed E-state index contributed by atoms with van der Waals surface area (Å²) in [6.07, 6.45) is 1.53. The van der Waals surface area contributed by atoms with Gasteiger partial charge < -0.3 is 5.32 Å². The molecule has 11 heavy (non-hydrogen) atoms. The maximum absolute atomic E-state index is 10.8. The fraction of sp³-hybridized carbons (Fsp3) is 0.333. The van der Waals surface area contributed by atoms with E-state index in [9.17, 15) is 9.59 Å². The molecule has 0 atom stereocenters. The number of hydrogen-bond donors (Lipinski definition) is 3. The van der Waals surface area contributed by atoms with Crippen molar-refractivity contribution in [1.29, 1.82) is 0 Å². The van der Waals surface area contributed by atoms with Crippen LogP contribution in [-0.4, -0.2) is 18.2 Å². The molecule has 1 heterocycles. The molecule has 0 unspecified atom stereocenters. The molecule has 0 fully saturated rings. The summed E-state index contributed by atoms with van der Waals surface area (Å²) >= 11 is 0. The Morgan fingerprint density at radius 2 is 2.45 bits per heavy atom. The summed E-state index contributed by atoms with van der Waals surface area (Å²) in [5.41, 5.74) is 5.17. The van der Waals surface area contributed by atoms with Gasteiger partial charge in [-0.05, 0) is 0 Å². The number of amides is 1. The molecule has 0 spiro atoms. The van der Waals surface area contributed by atoms with Gasteiger partial charge in [0.05, 0.1) is 6.54 Å². The SMILES string of the molecule is CC(=O)NNC1=CNCC1=O. The van der Waals surface area contributed by atoms with Crippen molar-refractivity contribution in [2.45, 2.75) is 6.92 Å². The Morgan fingerprint density at radius 3 is 2.91 bits per heavy atom. The standard InChI is InChI=1S/C6H9N3O2/c1-4(10)8-9-5-2-7-3-6(5)11/h2,7,9H,3H2,1H3,(H,8,10). The molecule has 0 aromatic rings. The number of hydrogen-bond acceptors (Lipinski definition) is 4. The molecule has 0 aromatic heterocycles. The fourth-order valence-electron chi connectivity index (χ4n) is 0.683. The third-order valence-corrected chi connectivity index (χ3v) is 1.18. The third kappa shape index (κ3) is 1.96. The Hall–Kier alpha value is -1.52. The summed E-state index contributed by atoms with van der Waals surface area (Å²) in [6.45, 7) is 1.66. The summed E-state index contributed by atoms with van der Waals surface area (Å²) in [4.78, 5) is 21.2. The Balaban J connectivity index is 2.37. The zero-order valence-corrected chi connectivity index (χ0v) is 6.10. The van der Waals surface area contributed by atoms with Crippen LogP contribution in [0.15, 0.2) is 11.9 Å². The van der Waals surface area contributed by atoms with E-state index in [1.54, 1.807) is 0 Å². The van der Waals surface area contributed by atoms with Crippen molar-refractivity contribution in [2.75, 3.05) is 6.54 Å². The van der Waals surface area contributed by atoms with Gasteiger partial charge in [0.2, 0.25) is 11.7 Å². The summed E-state index contributed by atoms with van der Waals surface area (Å²) < 4.78 is 0. The van der Waals surface area contributed by atoms with Gasteiger partial charge in [0.25, 0.3) is 0 Å². The Bertz CT molecular complexity index is 222. The maximum atomic E-state index is 10.8. The maximum Gasteiger partial charge on any atom is 0.235 e. The van der Waals surface area contributed by atoms with Crippen LogP contribution in [0.3, 0.4) is 0 Å². The predicted octanol–water partition coefficient (Wildman–Crippen LogP) is -1.36. The molecule has 0 aliphatic carbocycles. The van der Waals surface area contributed by atoms with Gasteiger partial charge in [0.15, 0.2) is 0 Å². The molecule has 1 aliphatic heterocycles. The Kier molecular flexibility index (Phi) is 2.10. The van der Waals surface area contributed by atoms with Crippen LogP contribution < -0.4 is 16.2 Å². The molecule has 1 amide bonds. The zero-order valence-electron chi connectivity index (χ0n) is 6.10. The van der Waals surface area contributed by atoms with Crippen LogP contribution in [0.25, 0.3) is 0 Å². The first-order valence-corrected chi connectivity index (χ1v) is 3.19. The normalized spacial score (nSPS) is 15.4. The first-order chi connectivity index (χ1) is 5.20. The van der Waals surface area contributed by atoms with Crippen molar-refractivity contribution in [3.63, 3.8) is 0 Å². The minimum Gasteiger partial charge on any atom is -0.382 e. The second-order valence-electron chi connectivity index (χ2n) is 2.17. The predicted molar refractivity (Wildman–Crippen MR) is 38.0 cm³/mol. The molecule has 5 nitrogen and oxygen atoms in total. The number of rotatable bonds is 2. The molecular formula is C6H9N3O2. The number of Topliss-reactive ketones (excluding diaryl/α,β-unsaturated/α-hetero) is 1. The minimum absolute atomic E-state index is 0.0567. The number of ketones is 1. The van der Waals surface area contributed by atoms with E-state index in [4.69, 9.17) is 0 Å². The van der Waals surface area contributed by atoms with E-state index in [1.165, 1.54) is 13.1 Å². The first-order valence-electron chi connectivity index (χ1n) is 3.19. The van der Waals surface area contributed by atoms with Crippen LogP contribution in [0.4, 0.5) is 0 Å². The van der Waals surface area contributed by atoms with Crippen molar-refractivity contribution in [3.05, 3.63) is 11.9 Å². The summed E-state index contributed by atoms with van der Waals surface area (Å²) in [6, 6.07) is 0. The van der Waals surface area contributed by atoms with Gasteiger partial charge in [-0.25, -0.2) is 0 Å². The third-order valence-electron chi connectivity index (χ3n) is 1.18. The van der Waals surface area contributed by atoms with Crippen LogP contribution in [0, 0.1) is 0 Å². The monoisotopic (exact) mass is 155 g/mol. The van der Waals surface area contributed by atoms with Gasteiger partial charge in [0, 0.05) is 13.1 Å². The average molecular weight is 155 g/mol. The highest BCUT2D eigenvalue weighted by molar-refractivity contribution is 5.98. The lowest BCUT2D eigenvalue weighted by Gasteiger charge is -2.03. The molecule has 0 radical (unpaired) electrons. The summed E-state index contributed by atoms with van der Waals surface area (Å²) in [5.74, 6) is -0.288. The highest BCUT2D eigenvalue weighted by atomic mass is 16.2. The Labute approximate surface area is 63.8 Å². The van der Waals surface area contributed by atoms with E-state index in [1.807, 2.05) is 0 Å². The molecule has 60 valence electrons. The van der Waals surface area contributed by atoms with Gasteiger partial charge in [-0.3, -0.25) is 20.4 Å². The van der Waals surface area contributed by atoms with E-state index < -0.39 is 0 Å². The van der Waals surface area contributed by atoms with Crippen molar-refractivity contribution < 1.29 is 9.59 Å². The van der Waals surface area contributed by atoms with Gasteiger partial charge in [-0.2, -0.15) is 0 Å². The van der Waals surface area contributed by atoms with E-state index in [0.717, 1.165) is 0 Å². The van der Waals surface area contributed by atoms with Crippen LogP contribution in [0.5, 0.6) is 0 Å². The van der Waals surface area contributed by atoms with E-state index in [-0.39, 0.29) is 11.7 Å². The van der Waals surface area contributed by atoms with Crippen LogP contribution in [0.2, 0.25) is 0 Å². The van der Waals surface area contributed by atoms with Crippen LogP contribution in [0.1, 0.15) is 6.92 Å². The molecule has 1 rings (SSSR count). The quantitative estimate of drug-likeness (QED) is 0.431. The highest BCUT2D eigenvalue weighted by Crippen LogP contribution is 1.93. The summed E-state index contributed by atoms with van der Waals surface area (Å²) in [5, 5.41) is 2.72. The number of nitrogens with one attached hydrogen (secondary N) is 3. The van der Waals surface area contributed by atoms with Crippen molar-refractivity contribution in [2.24, 2.45) is 0 Å². The van der Waals surface area contributed by atoms with Gasteiger partial charge in [0.1, 0.15) is 5.70 Å². The van der Waals surface area contributed by atoms with Crippen molar-refractivity contribution in [1.82, 2.24) is 16.2 Å². The van der Waals surface area contributed by atoms with E-state index >= 15 is 0 Å². The van der Waals surface area contributed by atoms with Crippen molar-refractivity contribution in [3.8, 4) is 0 Å². The Morgan fingerprint density at radius 1 is 1.73 bits per heavy atom. The average Bonchev–Trinajstić information content (AvgIpc) is 2.31. The van der Waals surface area contributed by atoms with Crippen LogP contribution >= 0.6 is 0 Å². The number of carbonyl (C=O) groups is 2. The lowest BCUT2D eigenvalue weighted by molar-refractivity contribution is -0.119. The second-order valence-corrected chi connectivity index (χ2v) is 2.17. The number of hydrazine groups is 1. The smallest absolute Gasteiger partial charge is 0.235 e. The van der Waals surface area contributed by atoms with E-state index in [0.29, 0.717) is 12.2 Å². The first kappa shape index (κ1) is 7.59. The van der Waals surface area contributed by atoms with Gasteiger partial charge in [-0.15, -0.1) is 0 Å². The largest absolute Gasteiger partial charge is 0.382 e. The molecule has 0 saturated carbocycles. The minimum atomic E-state index is -0.231. The molecule has 0 bridgehead atoms. The molecule has 3 N–H and O–H groups in total. The van der Waals surface area contributed by atoms with E-state index in [2.05, 4.69) is 16.2 Å². The van der Waals surface area contributed by atoms with Gasteiger partial charge >= 0.3 is 0 Å². The highest BCUT2D eigenvalue weighted by Gasteiger charge is 2.13. The fourth-order valence-corrected chi connectivity index (χ4v) is 0.683. The topological polar surface area (TPSA) is 70.2 Å². The summed E-state index contributed by atoms with van der Waals surface area (Å²) in [7, 11) is 0. The number of carbonyl (C=O) groups excluding carboxylic acids is 2. The second kappa shape index (κ2) is 3.05. The van der Waals surface area contributed by atoms with Gasteiger partial charge in [-0.1, -0.05) is 0 Å². The molecular weight excluding hydrogens is 146 g/mol. The zero-order chi connectivity index (χ0) is 8.27. The molecule has 0 aromatic carbocycles. The van der Waals surface area contributed by atoms with Crippen LogP contribution in [-0.2, 0) is 9.59 Å². The lowest BCUT2D eigenvalue weighted by atomic mass is 10.4. The molecule has 5 heteroatoms. The molecule has 0 saturated heterocycles.